The molecule has 0 N–H and O–H groups in total. The second kappa shape index (κ2) is 11.1. The molecule has 5 nitrogen and oxygen atoms in total. The summed E-state index contributed by atoms with van der Waals surface area (Å²) in [7, 11) is -3.64. The van der Waals surface area contributed by atoms with E-state index in [1.54, 1.807) is 18.2 Å². The van der Waals surface area contributed by atoms with Crippen molar-refractivity contribution in [2.45, 2.75) is 50.8 Å². The molecule has 0 aromatic heterocycles. The van der Waals surface area contributed by atoms with Crippen LogP contribution >= 0.6 is 11.6 Å². The zero-order chi connectivity index (χ0) is 25.0. The van der Waals surface area contributed by atoms with Gasteiger partial charge in [-0.05, 0) is 73.6 Å². The third-order valence-electron chi connectivity index (χ3n) is 6.83. The number of halogens is 1. The van der Waals surface area contributed by atoms with Gasteiger partial charge in [-0.3, -0.25) is 4.79 Å². The number of benzene rings is 2. The molecule has 0 atom stereocenters. The highest BCUT2D eigenvalue weighted by Crippen LogP contribution is 2.38. The molecule has 1 aliphatic carbocycles. The zero-order valence-corrected chi connectivity index (χ0v) is 22.0. The Morgan fingerprint density at radius 2 is 1.69 bits per heavy atom. The molecule has 1 heterocycles. The monoisotopic (exact) mass is 512 g/mol. The third kappa shape index (κ3) is 5.55. The number of hydrogen-bond acceptors (Lipinski definition) is 4. The number of ketones is 1. The van der Waals surface area contributed by atoms with Crippen molar-refractivity contribution in [1.29, 1.82) is 0 Å². The van der Waals surface area contributed by atoms with E-state index in [0.29, 0.717) is 30.1 Å². The van der Waals surface area contributed by atoms with Gasteiger partial charge in [0.25, 0.3) is 0 Å². The average Bonchev–Trinajstić information content (AvgIpc) is 3.29. The number of hydrogen-bond donors (Lipinski definition) is 0. The van der Waals surface area contributed by atoms with Crippen LogP contribution in [0.5, 0.6) is 0 Å². The number of nitrogens with zero attached hydrogens (tertiary/aromatic N) is 2. The van der Waals surface area contributed by atoms with Gasteiger partial charge in [0.2, 0.25) is 10.0 Å². The Hall–Kier alpha value is -2.41. The zero-order valence-electron chi connectivity index (χ0n) is 20.5. The van der Waals surface area contributed by atoms with Crippen molar-refractivity contribution >= 4 is 33.5 Å². The summed E-state index contributed by atoms with van der Waals surface area (Å²) in [6.07, 6.45) is 7.01. The molecular formula is C28H33ClN2O3S. The van der Waals surface area contributed by atoms with Crippen molar-refractivity contribution in [3.05, 3.63) is 81.5 Å². The number of Topliss-reactive ketones (excluding diaryl/α,β-unsaturated/α-hetero) is 1. The highest BCUT2D eigenvalue weighted by Gasteiger charge is 2.31. The van der Waals surface area contributed by atoms with E-state index in [1.165, 1.54) is 16.8 Å². The summed E-state index contributed by atoms with van der Waals surface area (Å²) in [4.78, 5) is 16.3. The summed E-state index contributed by atoms with van der Waals surface area (Å²) in [5, 5.41) is 0.695. The van der Waals surface area contributed by atoms with Crippen molar-refractivity contribution < 1.29 is 13.2 Å². The number of piperidine rings is 1. The summed E-state index contributed by atoms with van der Waals surface area (Å²) in [5.74, 6) is -0.0818. The van der Waals surface area contributed by atoms with Crippen LogP contribution in [0.2, 0.25) is 5.02 Å². The fraction of sp³-hybridized carbons (Fsp3) is 0.393. The quantitative estimate of drug-likeness (QED) is 0.397. The molecule has 1 saturated heterocycles. The van der Waals surface area contributed by atoms with Crippen molar-refractivity contribution in [3.8, 4) is 0 Å². The van der Waals surface area contributed by atoms with Crippen LogP contribution in [-0.2, 0) is 10.0 Å². The fourth-order valence-corrected chi connectivity index (χ4v) is 6.64. The van der Waals surface area contributed by atoms with Gasteiger partial charge < -0.3 is 4.90 Å². The first-order valence-corrected chi connectivity index (χ1v) is 14.3. The molecule has 35 heavy (non-hydrogen) atoms. The minimum atomic E-state index is -3.64. The van der Waals surface area contributed by atoms with E-state index in [9.17, 15) is 13.2 Å². The third-order valence-corrected chi connectivity index (χ3v) is 9.13. The lowest BCUT2D eigenvalue weighted by Gasteiger charge is -2.31. The Morgan fingerprint density at radius 1 is 1.00 bits per heavy atom. The minimum Gasteiger partial charge on any atom is -0.371 e. The van der Waals surface area contributed by atoms with Gasteiger partial charge in [0, 0.05) is 48.0 Å². The molecule has 0 spiro atoms. The van der Waals surface area contributed by atoms with Crippen molar-refractivity contribution in [3.63, 3.8) is 0 Å². The molecule has 0 saturated carbocycles. The van der Waals surface area contributed by atoms with Gasteiger partial charge in [0.05, 0.1) is 4.90 Å². The van der Waals surface area contributed by atoms with Crippen LogP contribution in [0.4, 0.5) is 0 Å². The van der Waals surface area contributed by atoms with E-state index < -0.39 is 10.0 Å². The van der Waals surface area contributed by atoms with Crippen LogP contribution in [0.25, 0.3) is 6.08 Å². The molecule has 1 aliphatic heterocycles. The van der Waals surface area contributed by atoms with Crippen molar-refractivity contribution in [1.82, 2.24) is 9.21 Å². The number of likely N-dealkylation sites (tertiary alicyclic amines) is 1. The van der Waals surface area contributed by atoms with Crippen molar-refractivity contribution in [2.24, 2.45) is 0 Å². The smallest absolute Gasteiger partial charge is 0.243 e. The molecule has 7 heteroatoms. The molecule has 1 fully saturated rings. The molecule has 0 radical (unpaired) electrons. The normalized spacial score (nSPS) is 18.1. The standard InChI is InChI=1S/C28H33ClN2O3S/c1-3-31(4-2)35(33,34)25-10-8-9-23(20-25)28(32)26-16-13-22(19-21-11-14-24(29)15-12-21)27(26)30-17-6-5-7-18-30/h8-12,14-15,19-20H,3-7,13,16-18H2,1-2H3. The number of rotatable bonds is 8. The summed E-state index contributed by atoms with van der Waals surface area (Å²) in [5.41, 5.74) is 4.45. The first kappa shape index (κ1) is 25.7. The Labute approximate surface area is 214 Å². The molecule has 4 rings (SSSR count). The highest BCUT2D eigenvalue weighted by molar-refractivity contribution is 7.89. The molecule has 186 valence electrons. The van der Waals surface area contributed by atoms with Crippen LogP contribution in [0, 0.1) is 0 Å². The van der Waals surface area contributed by atoms with Crippen molar-refractivity contribution in [2.75, 3.05) is 26.2 Å². The summed E-state index contributed by atoms with van der Waals surface area (Å²) >= 11 is 6.07. The second-order valence-electron chi connectivity index (χ2n) is 9.04. The van der Waals surface area contributed by atoms with Gasteiger partial charge in [-0.15, -0.1) is 0 Å². The Kier molecular flexibility index (Phi) is 8.15. The lowest BCUT2D eigenvalue weighted by Crippen LogP contribution is -2.31. The topological polar surface area (TPSA) is 57.7 Å². The maximum absolute atomic E-state index is 13.8. The van der Waals surface area contributed by atoms with Gasteiger partial charge in [0.15, 0.2) is 5.78 Å². The first-order valence-electron chi connectivity index (χ1n) is 12.4. The highest BCUT2D eigenvalue weighted by atomic mass is 35.5. The van der Waals surface area contributed by atoms with E-state index in [0.717, 1.165) is 54.8 Å². The Balaban J connectivity index is 1.74. The largest absolute Gasteiger partial charge is 0.371 e. The predicted molar refractivity (Wildman–Crippen MR) is 142 cm³/mol. The van der Waals surface area contributed by atoms with Gasteiger partial charge >= 0.3 is 0 Å². The molecule has 2 aromatic carbocycles. The maximum atomic E-state index is 13.8. The maximum Gasteiger partial charge on any atom is 0.243 e. The van der Waals surface area contributed by atoms with E-state index in [2.05, 4.69) is 11.0 Å². The summed E-state index contributed by atoms with van der Waals surface area (Å²) in [6, 6.07) is 14.2. The number of carbonyl (C=O) groups excluding carboxylic acids is 1. The van der Waals surface area contributed by atoms with E-state index in [4.69, 9.17) is 11.6 Å². The van der Waals surface area contributed by atoms with Gasteiger partial charge in [-0.2, -0.15) is 4.31 Å². The first-order chi connectivity index (χ1) is 16.8. The van der Waals surface area contributed by atoms with Crippen LogP contribution in [-0.4, -0.2) is 49.6 Å². The number of carbonyl (C=O) groups is 1. The minimum absolute atomic E-state index is 0.0818. The summed E-state index contributed by atoms with van der Waals surface area (Å²) in [6.45, 7) is 6.28. The SMILES string of the molecule is CCN(CC)S(=O)(=O)c1cccc(C(=O)C2=C(N3CCCCC3)C(=Cc3ccc(Cl)cc3)CC2)c1. The van der Waals surface area contributed by atoms with Crippen LogP contribution < -0.4 is 0 Å². The lowest BCUT2D eigenvalue weighted by atomic mass is 10.00. The van der Waals surface area contributed by atoms with Crippen LogP contribution in [0.15, 0.2) is 70.3 Å². The second-order valence-corrected chi connectivity index (χ2v) is 11.4. The van der Waals surface area contributed by atoms with Crippen LogP contribution in [0.3, 0.4) is 0 Å². The number of sulfonamides is 1. The van der Waals surface area contributed by atoms with Gasteiger partial charge in [-0.25, -0.2) is 8.42 Å². The molecule has 0 bridgehead atoms. The lowest BCUT2D eigenvalue weighted by molar-refractivity contribution is 0.102. The molecule has 0 unspecified atom stereocenters. The fourth-order valence-electron chi connectivity index (χ4n) is 5.01. The van der Waals surface area contributed by atoms with Gasteiger partial charge in [-0.1, -0.05) is 49.7 Å². The Bertz CT molecular complexity index is 1240. The van der Waals surface area contributed by atoms with Gasteiger partial charge in [0.1, 0.15) is 0 Å². The molecular weight excluding hydrogens is 480 g/mol. The Morgan fingerprint density at radius 3 is 2.34 bits per heavy atom. The summed E-state index contributed by atoms with van der Waals surface area (Å²) < 4.78 is 27.5. The van der Waals surface area contributed by atoms with E-state index in [-0.39, 0.29) is 10.7 Å². The van der Waals surface area contributed by atoms with E-state index in [1.807, 2.05) is 38.1 Å². The van der Waals surface area contributed by atoms with E-state index >= 15 is 0 Å². The molecule has 0 amide bonds. The number of allylic oxidation sites excluding steroid dienone is 2. The predicted octanol–water partition coefficient (Wildman–Crippen LogP) is 6.17. The molecule has 2 aliphatic rings. The van der Waals surface area contributed by atoms with Crippen LogP contribution in [0.1, 0.15) is 61.9 Å². The molecule has 2 aromatic rings. The average molecular weight is 513 g/mol.